The predicted octanol–water partition coefficient (Wildman–Crippen LogP) is 2.25. The predicted molar refractivity (Wildman–Crippen MR) is 44.0 cm³/mol. The quantitative estimate of drug-likeness (QED) is 0.520. The lowest BCUT2D eigenvalue weighted by Gasteiger charge is -1.92. The minimum atomic E-state index is 0.966. The van der Waals surface area contributed by atoms with Crippen molar-refractivity contribution in [3.05, 3.63) is 40.8 Å². The molecule has 1 heteroatoms. The highest BCUT2D eigenvalue weighted by Gasteiger charge is 1.82. The van der Waals surface area contributed by atoms with Crippen molar-refractivity contribution in [3.8, 4) is 0 Å². The maximum Gasteiger partial charge on any atom is -0.0197 e. The second-order valence-corrected chi connectivity index (χ2v) is 2.18. The third-order valence-electron chi connectivity index (χ3n) is 1.31. The number of nitrogens with zero attached hydrogens (tertiary/aromatic N) is 1. The lowest BCUT2D eigenvalue weighted by atomic mass is 10.1. The van der Waals surface area contributed by atoms with Gasteiger partial charge in [0.1, 0.15) is 0 Å². The fraction of sp³-hybridized carbons (Fsp3) is 0.111. The Morgan fingerprint density at radius 3 is 2.40 bits per heavy atom. The van der Waals surface area contributed by atoms with Crippen LogP contribution in [0.5, 0.6) is 0 Å². The molecule has 1 aromatic carbocycles. The molecule has 0 aliphatic rings. The minimum Gasteiger partial charge on any atom is -0.763 e. The van der Waals surface area contributed by atoms with Crippen LogP contribution >= 0.6 is 0 Å². The molecule has 0 aliphatic carbocycles. The van der Waals surface area contributed by atoms with Crippen LogP contribution in [-0.4, -0.2) is 5.87 Å². The van der Waals surface area contributed by atoms with Gasteiger partial charge in [-0.05, 0) is 18.6 Å². The Balaban J connectivity index is 3.00. The Bertz CT molecular complexity index is 253. The molecule has 1 aromatic rings. The van der Waals surface area contributed by atoms with Crippen LogP contribution < -0.4 is 0 Å². The molecule has 0 unspecified atom stereocenters. The number of hydrogen-bond donors (Lipinski definition) is 0. The summed E-state index contributed by atoms with van der Waals surface area (Å²) in [4.78, 5) is 0. The van der Waals surface area contributed by atoms with E-state index in [1.54, 1.807) is 0 Å². The summed E-state index contributed by atoms with van der Waals surface area (Å²) in [6, 6.07) is 7.84. The van der Waals surface area contributed by atoms with Crippen molar-refractivity contribution in [2.24, 2.45) is 0 Å². The van der Waals surface area contributed by atoms with Gasteiger partial charge in [-0.1, -0.05) is 29.8 Å². The first-order valence-electron chi connectivity index (χ1n) is 3.12. The highest BCUT2D eigenvalue weighted by Crippen LogP contribution is 2.02. The molecule has 0 atom stereocenters. The average Bonchev–Trinajstić information content (AvgIpc) is 1.95. The standard InChI is InChI=1S/C9H8N/c1-8-2-4-9(5-3-8)6-7-10/h2-6H,1H3/q-1. The molecule has 0 fully saturated rings. The Morgan fingerprint density at radius 2 is 1.90 bits per heavy atom. The maximum absolute atomic E-state index is 8.28. The van der Waals surface area contributed by atoms with Crippen molar-refractivity contribution in [2.45, 2.75) is 6.92 Å². The summed E-state index contributed by atoms with van der Waals surface area (Å²) in [5, 5.41) is 8.28. The maximum atomic E-state index is 8.28. The van der Waals surface area contributed by atoms with Gasteiger partial charge in [0.25, 0.3) is 0 Å². The van der Waals surface area contributed by atoms with Crippen LogP contribution in [0, 0.1) is 6.92 Å². The van der Waals surface area contributed by atoms with Gasteiger partial charge in [-0.25, -0.2) is 0 Å². The molecule has 0 saturated carbocycles. The zero-order valence-corrected chi connectivity index (χ0v) is 5.83. The van der Waals surface area contributed by atoms with E-state index in [0.29, 0.717) is 0 Å². The molecular formula is C9H8N-. The van der Waals surface area contributed by atoms with Crippen molar-refractivity contribution < 1.29 is 0 Å². The molecule has 0 radical (unpaired) electrons. The Morgan fingerprint density at radius 1 is 1.30 bits per heavy atom. The van der Waals surface area contributed by atoms with Gasteiger partial charge >= 0.3 is 0 Å². The summed E-state index contributed by atoms with van der Waals surface area (Å²) in [5.74, 6) is 1.98. The van der Waals surface area contributed by atoms with Gasteiger partial charge in [0.15, 0.2) is 0 Å². The van der Waals surface area contributed by atoms with Gasteiger partial charge in [0.2, 0.25) is 0 Å². The molecule has 0 aromatic heterocycles. The Hall–Kier alpha value is -1.33. The van der Waals surface area contributed by atoms with Crippen LogP contribution in [-0.2, 0) is 0 Å². The van der Waals surface area contributed by atoms with E-state index < -0.39 is 0 Å². The third-order valence-corrected chi connectivity index (χ3v) is 1.31. The van der Waals surface area contributed by atoms with Crippen molar-refractivity contribution in [2.75, 3.05) is 0 Å². The van der Waals surface area contributed by atoms with E-state index in [2.05, 4.69) is 0 Å². The van der Waals surface area contributed by atoms with E-state index in [1.807, 2.05) is 37.1 Å². The zero-order chi connectivity index (χ0) is 7.40. The van der Waals surface area contributed by atoms with E-state index in [9.17, 15) is 0 Å². The van der Waals surface area contributed by atoms with Gasteiger partial charge < -0.3 is 5.41 Å². The first-order valence-corrected chi connectivity index (χ1v) is 3.12. The molecule has 1 nitrogen and oxygen atoms in total. The largest absolute Gasteiger partial charge is 0.763 e. The van der Waals surface area contributed by atoms with Gasteiger partial charge in [-0.3, -0.25) is 5.87 Å². The molecule has 0 bridgehead atoms. The molecule has 50 valence electrons. The lowest BCUT2D eigenvalue weighted by molar-refractivity contribution is 1.46. The normalized spacial score (nSPS) is 8.50. The fourth-order valence-corrected chi connectivity index (χ4v) is 0.737. The fourth-order valence-electron chi connectivity index (χ4n) is 0.737. The monoisotopic (exact) mass is 130 g/mol. The van der Waals surface area contributed by atoms with E-state index in [4.69, 9.17) is 5.41 Å². The Labute approximate surface area is 60.5 Å². The molecule has 0 N–H and O–H groups in total. The van der Waals surface area contributed by atoms with E-state index >= 15 is 0 Å². The lowest BCUT2D eigenvalue weighted by Crippen LogP contribution is -1.72. The molecule has 10 heavy (non-hydrogen) atoms. The molecule has 0 spiro atoms. The average molecular weight is 130 g/mol. The van der Waals surface area contributed by atoms with E-state index in [1.165, 1.54) is 11.6 Å². The van der Waals surface area contributed by atoms with E-state index in [0.717, 1.165) is 5.56 Å². The first-order chi connectivity index (χ1) is 4.83. The van der Waals surface area contributed by atoms with Gasteiger partial charge in [0.05, 0.1) is 0 Å². The van der Waals surface area contributed by atoms with Crippen molar-refractivity contribution in [3.63, 3.8) is 0 Å². The summed E-state index contributed by atoms with van der Waals surface area (Å²) in [7, 11) is 0. The van der Waals surface area contributed by atoms with Crippen LogP contribution in [0.2, 0.25) is 0 Å². The molecule has 0 amide bonds. The van der Waals surface area contributed by atoms with Crippen LogP contribution in [0.3, 0.4) is 0 Å². The summed E-state index contributed by atoms with van der Waals surface area (Å²) in [6.45, 7) is 2.02. The summed E-state index contributed by atoms with van der Waals surface area (Å²) < 4.78 is 0. The summed E-state index contributed by atoms with van der Waals surface area (Å²) >= 11 is 0. The minimum absolute atomic E-state index is 0.966. The van der Waals surface area contributed by atoms with Gasteiger partial charge in [-0.15, -0.1) is 0 Å². The van der Waals surface area contributed by atoms with Crippen LogP contribution in [0.1, 0.15) is 11.1 Å². The summed E-state index contributed by atoms with van der Waals surface area (Å²) in [6.07, 6.45) is 1.53. The number of benzene rings is 1. The molecular weight excluding hydrogens is 122 g/mol. The van der Waals surface area contributed by atoms with E-state index in [-0.39, 0.29) is 0 Å². The van der Waals surface area contributed by atoms with Gasteiger partial charge in [0, 0.05) is 0 Å². The molecule has 0 aliphatic heterocycles. The smallest absolute Gasteiger partial charge is 0.0197 e. The first kappa shape index (κ1) is 6.79. The SMILES string of the molecule is Cc1ccc(C=C=[N-])cc1. The second kappa shape index (κ2) is 3.00. The third kappa shape index (κ3) is 1.57. The van der Waals surface area contributed by atoms with Crippen LogP contribution in [0.25, 0.3) is 11.5 Å². The van der Waals surface area contributed by atoms with Crippen molar-refractivity contribution in [1.82, 2.24) is 0 Å². The van der Waals surface area contributed by atoms with Crippen LogP contribution in [0.15, 0.2) is 24.3 Å². The Kier molecular flexibility index (Phi) is 2.03. The number of hydrogen-bond acceptors (Lipinski definition) is 0. The molecule has 0 saturated heterocycles. The molecule has 1 rings (SSSR count). The molecule has 0 heterocycles. The second-order valence-electron chi connectivity index (χ2n) is 2.18. The highest BCUT2D eigenvalue weighted by atomic mass is 14.3. The van der Waals surface area contributed by atoms with Crippen molar-refractivity contribution >= 4 is 11.9 Å². The number of rotatable bonds is 1. The van der Waals surface area contributed by atoms with Gasteiger partial charge in [-0.2, -0.15) is 0 Å². The van der Waals surface area contributed by atoms with Crippen LogP contribution in [0.4, 0.5) is 0 Å². The highest BCUT2D eigenvalue weighted by molar-refractivity contribution is 5.79. The zero-order valence-electron chi connectivity index (χ0n) is 5.83. The van der Waals surface area contributed by atoms with Crippen molar-refractivity contribution in [1.29, 1.82) is 0 Å². The topological polar surface area (TPSA) is 22.3 Å². The number of aryl methyl sites for hydroxylation is 1. The summed E-state index contributed by atoms with van der Waals surface area (Å²) in [5.41, 5.74) is 2.18.